The molecule has 6 nitrogen and oxygen atoms in total. The Morgan fingerprint density at radius 1 is 0.872 bits per heavy atom. The Morgan fingerprint density at radius 3 is 2.18 bits per heavy atom. The van der Waals surface area contributed by atoms with Crippen LogP contribution in [0.2, 0.25) is 0 Å². The Morgan fingerprint density at radius 2 is 1.54 bits per heavy atom. The van der Waals surface area contributed by atoms with Crippen LogP contribution in [0, 0.1) is 24.0 Å². The summed E-state index contributed by atoms with van der Waals surface area (Å²) < 4.78 is 38.9. The second kappa shape index (κ2) is 10.4. The summed E-state index contributed by atoms with van der Waals surface area (Å²) in [5.41, 5.74) is 1.54. The third-order valence-corrected chi connectivity index (χ3v) is 7.13. The predicted molar refractivity (Wildman–Crippen MR) is 140 cm³/mol. The minimum absolute atomic E-state index is 0.0399. The van der Waals surface area contributed by atoms with Crippen LogP contribution in [0.4, 0.5) is 8.78 Å². The molecule has 0 atom stereocenters. The molecule has 39 heavy (non-hydrogen) atoms. The summed E-state index contributed by atoms with van der Waals surface area (Å²) in [5.74, 6) is -1.67. The molecule has 0 unspecified atom stereocenters. The SMILES string of the molecule is COC(=O)c1cc2nccc(Oc3ccc(CC(=O)C4(C(=O)Cc5ccc(F)cc5)CC4)cc3F)c2cc1C. The third-order valence-electron chi connectivity index (χ3n) is 7.13. The Balaban J connectivity index is 1.31. The van der Waals surface area contributed by atoms with Crippen LogP contribution in [0.25, 0.3) is 10.9 Å². The van der Waals surface area contributed by atoms with Gasteiger partial charge in [-0.05, 0) is 78.9 Å². The molecule has 8 heteroatoms. The third kappa shape index (κ3) is 5.27. The number of ketones is 2. The summed E-state index contributed by atoms with van der Waals surface area (Å²) in [5, 5.41) is 0.594. The van der Waals surface area contributed by atoms with E-state index < -0.39 is 23.0 Å². The predicted octanol–water partition coefficient (Wildman–Crippen LogP) is 6.10. The van der Waals surface area contributed by atoms with Crippen LogP contribution in [0.1, 0.15) is 39.9 Å². The molecule has 1 aliphatic carbocycles. The molecule has 1 aromatic heterocycles. The lowest BCUT2D eigenvalue weighted by Crippen LogP contribution is -2.28. The van der Waals surface area contributed by atoms with E-state index in [0.717, 1.165) is 0 Å². The van der Waals surface area contributed by atoms with Crippen LogP contribution in [0.5, 0.6) is 11.5 Å². The minimum Gasteiger partial charge on any atom is -0.465 e. The molecule has 1 heterocycles. The lowest BCUT2D eigenvalue weighted by molar-refractivity contribution is -0.133. The van der Waals surface area contributed by atoms with Gasteiger partial charge in [0.05, 0.1) is 23.6 Å². The van der Waals surface area contributed by atoms with E-state index in [2.05, 4.69) is 4.98 Å². The van der Waals surface area contributed by atoms with Gasteiger partial charge in [0.15, 0.2) is 23.1 Å². The van der Waals surface area contributed by atoms with Crippen LogP contribution in [0.15, 0.2) is 66.9 Å². The number of pyridine rings is 1. The van der Waals surface area contributed by atoms with Gasteiger partial charge >= 0.3 is 5.97 Å². The molecule has 4 aromatic rings. The standard InChI is InChI=1S/C31H25F2NO5/c1-18-13-23-25(17-22(18)30(37)38-2)34-12-9-26(23)39-27-8-5-20(14-24(27)33)16-29(36)31(10-11-31)28(35)15-19-3-6-21(32)7-4-19/h3-9,12-14,17H,10-11,15-16H2,1-2H3. The molecule has 0 spiro atoms. The number of benzene rings is 3. The zero-order chi connectivity index (χ0) is 27.7. The van der Waals surface area contributed by atoms with Crippen molar-refractivity contribution in [3.63, 3.8) is 0 Å². The van der Waals surface area contributed by atoms with Gasteiger partial charge in [0, 0.05) is 24.4 Å². The molecule has 0 N–H and O–H groups in total. The second-order valence-corrected chi connectivity index (χ2v) is 9.76. The number of ether oxygens (including phenoxy) is 2. The van der Waals surface area contributed by atoms with Crippen molar-refractivity contribution >= 4 is 28.4 Å². The van der Waals surface area contributed by atoms with Crippen molar-refractivity contribution in [3.8, 4) is 11.5 Å². The molecule has 1 saturated carbocycles. The van der Waals surface area contributed by atoms with Gasteiger partial charge in [-0.25, -0.2) is 13.6 Å². The summed E-state index contributed by atoms with van der Waals surface area (Å²) in [6.07, 6.45) is 2.38. The molecule has 198 valence electrons. The molecule has 1 aliphatic rings. The summed E-state index contributed by atoms with van der Waals surface area (Å²) in [6.45, 7) is 1.76. The zero-order valence-corrected chi connectivity index (χ0v) is 21.4. The van der Waals surface area contributed by atoms with E-state index in [1.807, 2.05) is 0 Å². The van der Waals surface area contributed by atoms with Gasteiger partial charge in [-0.2, -0.15) is 0 Å². The quantitative estimate of drug-likeness (QED) is 0.192. The topological polar surface area (TPSA) is 82.6 Å². The van der Waals surface area contributed by atoms with Gasteiger partial charge in [0.1, 0.15) is 11.6 Å². The van der Waals surface area contributed by atoms with Crippen molar-refractivity contribution in [2.45, 2.75) is 32.6 Å². The van der Waals surface area contributed by atoms with E-state index in [9.17, 15) is 18.8 Å². The first-order valence-electron chi connectivity index (χ1n) is 12.5. The minimum atomic E-state index is -1.06. The van der Waals surface area contributed by atoms with Gasteiger partial charge in [-0.1, -0.05) is 18.2 Å². The first-order valence-corrected chi connectivity index (χ1v) is 12.5. The number of fused-ring (bicyclic) bond motifs is 1. The average Bonchev–Trinajstić information content (AvgIpc) is 3.73. The number of aromatic nitrogens is 1. The van der Waals surface area contributed by atoms with Crippen molar-refractivity contribution in [2.24, 2.45) is 5.41 Å². The zero-order valence-electron chi connectivity index (χ0n) is 21.4. The average molecular weight is 530 g/mol. The fourth-order valence-electron chi connectivity index (χ4n) is 4.70. The smallest absolute Gasteiger partial charge is 0.338 e. The van der Waals surface area contributed by atoms with Crippen LogP contribution in [-0.2, 0) is 27.2 Å². The van der Waals surface area contributed by atoms with E-state index in [-0.39, 0.29) is 30.2 Å². The summed E-state index contributed by atoms with van der Waals surface area (Å²) >= 11 is 0. The Kier molecular flexibility index (Phi) is 6.95. The molecular weight excluding hydrogens is 504 g/mol. The van der Waals surface area contributed by atoms with Gasteiger partial charge in [0.2, 0.25) is 0 Å². The maximum absolute atomic E-state index is 15.1. The molecule has 0 aliphatic heterocycles. The van der Waals surface area contributed by atoms with Crippen LogP contribution >= 0.6 is 0 Å². The highest BCUT2D eigenvalue weighted by molar-refractivity contribution is 6.11. The van der Waals surface area contributed by atoms with Gasteiger partial charge in [-0.15, -0.1) is 0 Å². The Labute approximate surface area is 223 Å². The number of carbonyl (C=O) groups is 3. The van der Waals surface area contributed by atoms with Crippen molar-refractivity contribution in [2.75, 3.05) is 7.11 Å². The lowest BCUT2D eigenvalue weighted by atomic mass is 9.88. The number of carbonyl (C=O) groups excluding carboxylic acids is 3. The van der Waals surface area contributed by atoms with E-state index in [1.54, 1.807) is 31.2 Å². The molecule has 3 aromatic carbocycles. The Bertz CT molecular complexity index is 1610. The number of esters is 1. The number of aryl methyl sites for hydroxylation is 1. The van der Waals surface area contributed by atoms with Crippen molar-refractivity contribution in [1.29, 1.82) is 0 Å². The van der Waals surface area contributed by atoms with E-state index in [4.69, 9.17) is 9.47 Å². The number of methoxy groups -OCH3 is 1. The molecule has 0 radical (unpaired) electrons. The number of Topliss-reactive ketones (excluding diaryl/α,β-unsaturated/α-hetero) is 2. The maximum Gasteiger partial charge on any atom is 0.338 e. The molecule has 0 saturated heterocycles. The molecule has 0 bridgehead atoms. The lowest BCUT2D eigenvalue weighted by Gasteiger charge is -2.14. The fraction of sp³-hybridized carbons (Fsp3) is 0.226. The number of hydrogen-bond donors (Lipinski definition) is 0. The highest BCUT2D eigenvalue weighted by Crippen LogP contribution is 2.49. The van der Waals surface area contributed by atoms with Crippen LogP contribution in [0.3, 0.4) is 0 Å². The molecule has 5 rings (SSSR count). The summed E-state index contributed by atoms with van der Waals surface area (Å²) in [4.78, 5) is 42.3. The monoisotopic (exact) mass is 529 g/mol. The number of nitrogens with zero attached hydrogens (tertiary/aromatic N) is 1. The molecule has 0 amide bonds. The van der Waals surface area contributed by atoms with Crippen LogP contribution in [-0.4, -0.2) is 29.6 Å². The largest absolute Gasteiger partial charge is 0.465 e. The van der Waals surface area contributed by atoms with Crippen molar-refractivity contribution in [3.05, 3.63) is 101 Å². The highest BCUT2D eigenvalue weighted by atomic mass is 19.1. The maximum atomic E-state index is 15.1. The number of halogens is 2. The highest BCUT2D eigenvalue weighted by Gasteiger charge is 2.54. The summed E-state index contributed by atoms with van der Waals surface area (Å²) in [6, 6.07) is 14.8. The molecular formula is C31H25F2NO5. The number of rotatable bonds is 9. The van der Waals surface area contributed by atoms with E-state index in [1.165, 1.54) is 49.7 Å². The fourth-order valence-corrected chi connectivity index (χ4v) is 4.70. The van der Waals surface area contributed by atoms with Gasteiger partial charge in [-0.3, -0.25) is 14.6 Å². The van der Waals surface area contributed by atoms with E-state index >= 15 is 4.39 Å². The second-order valence-electron chi connectivity index (χ2n) is 9.76. The summed E-state index contributed by atoms with van der Waals surface area (Å²) in [7, 11) is 1.30. The first kappa shape index (κ1) is 26.2. The van der Waals surface area contributed by atoms with Crippen molar-refractivity contribution < 1.29 is 32.6 Å². The van der Waals surface area contributed by atoms with E-state index in [0.29, 0.717) is 51.7 Å². The normalized spacial score (nSPS) is 13.6. The van der Waals surface area contributed by atoms with Gasteiger partial charge < -0.3 is 9.47 Å². The van der Waals surface area contributed by atoms with Crippen LogP contribution < -0.4 is 4.74 Å². The first-order chi connectivity index (χ1) is 18.7. The van der Waals surface area contributed by atoms with Gasteiger partial charge in [0.25, 0.3) is 0 Å². The Hall–Kier alpha value is -4.46. The van der Waals surface area contributed by atoms with Crippen molar-refractivity contribution in [1.82, 2.24) is 4.98 Å². The number of hydrogen-bond acceptors (Lipinski definition) is 6. The molecule has 1 fully saturated rings.